The smallest absolute Gasteiger partial charge is 0.0704 e. The van der Waals surface area contributed by atoms with E-state index in [1.165, 1.54) is 5.54 Å². The van der Waals surface area contributed by atoms with Crippen LogP contribution < -0.4 is 0 Å². The molecule has 0 spiro atoms. The maximum atomic E-state index is 9.42. The molecule has 1 heterocycles. The van der Waals surface area contributed by atoms with Gasteiger partial charge in [-0.1, -0.05) is 30.1 Å². The molecule has 0 amide bonds. The Kier molecular flexibility index (Phi) is 3.84. The zero-order valence-electron chi connectivity index (χ0n) is 7.00. The van der Waals surface area contributed by atoms with Crippen LogP contribution in [0.15, 0.2) is 10.6 Å². The van der Waals surface area contributed by atoms with Crippen LogP contribution in [0.2, 0.25) is 0 Å². The molecule has 0 saturated carbocycles. The molecule has 1 saturated heterocycles. The molecule has 0 radical (unpaired) electrons. The van der Waals surface area contributed by atoms with E-state index in [4.69, 9.17) is 23.2 Å². The van der Waals surface area contributed by atoms with Gasteiger partial charge < -0.3 is 5.11 Å². The summed E-state index contributed by atoms with van der Waals surface area (Å²) in [5.41, 5.74) is 1.37. The Labute approximate surface area is 82.8 Å². The predicted molar refractivity (Wildman–Crippen MR) is 51.4 cm³/mol. The second kappa shape index (κ2) is 4.47. The summed E-state index contributed by atoms with van der Waals surface area (Å²) >= 11 is 11.2. The molecule has 1 aliphatic rings. The van der Waals surface area contributed by atoms with E-state index in [0.29, 0.717) is 24.0 Å². The first kappa shape index (κ1) is 10.3. The molecule has 0 aromatic heterocycles. The predicted octanol–water partition coefficient (Wildman–Crippen LogP) is 1.62. The van der Waals surface area contributed by atoms with Crippen LogP contribution in [0.3, 0.4) is 0 Å². The maximum Gasteiger partial charge on any atom is 0.0704 e. The molecule has 2 atom stereocenters. The van der Waals surface area contributed by atoms with Crippen LogP contribution in [0, 0.1) is 5.92 Å². The molecule has 0 aromatic carbocycles. The number of nitrogens with zero attached hydrogens (tertiary/aromatic N) is 1. The Morgan fingerprint density at radius 3 is 2.75 bits per heavy atom. The third kappa shape index (κ3) is 2.63. The van der Waals surface area contributed by atoms with E-state index in [-0.39, 0.29) is 6.10 Å². The van der Waals surface area contributed by atoms with Crippen molar-refractivity contribution in [1.29, 1.82) is 0 Å². The lowest BCUT2D eigenvalue weighted by Gasteiger charge is -2.13. The first-order valence-corrected chi connectivity index (χ1v) is 4.80. The molecule has 12 heavy (non-hydrogen) atoms. The molecular formula is C8H13Cl2NO. The first-order valence-electron chi connectivity index (χ1n) is 3.98. The van der Waals surface area contributed by atoms with Gasteiger partial charge in [-0.2, -0.15) is 0 Å². The summed E-state index contributed by atoms with van der Waals surface area (Å²) in [5.74, 6) is 0.338. The average molecular weight is 210 g/mol. The zero-order chi connectivity index (χ0) is 9.14. The molecule has 0 aromatic rings. The van der Waals surface area contributed by atoms with E-state index >= 15 is 0 Å². The Morgan fingerprint density at radius 2 is 2.33 bits per heavy atom. The highest BCUT2D eigenvalue weighted by molar-refractivity contribution is 6.36. The van der Waals surface area contributed by atoms with Crippen LogP contribution in [0.4, 0.5) is 0 Å². The lowest BCUT2D eigenvalue weighted by Crippen LogP contribution is -2.23. The van der Waals surface area contributed by atoms with Crippen molar-refractivity contribution in [3.63, 3.8) is 0 Å². The van der Waals surface area contributed by atoms with Gasteiger partial charge in [0, 0.05) is 30.2 Å². The number of aliphatic hydroxyl groups is 1. The van der Waals surface area contributed by atoms with E-state index in [1.807, 2.05) is 6.92 Å². The molecule has 2 nitrogen and oxygen atoms in total. The van der Waals surface area contributed by atoms with Gasteiger partial charge in [0.2, 0.25) is 0 Å². The summed E-state index contributed by atoms with van der Waals surface area (Å²) < 4.78 is 0. The molecule has 1 fully saturated rings. The van der Waals surface area contributed by atoms with Crippen LogP contribution in [-0.4, -0.2) is 35.7 Å². The van der Waals surface area contributed by atoms with Crippen LogP contribution in [0.5, 0.6) is 0 Å². The van der Waals surface area contributed by atoms with Crippen LogP contribution in [-0.2, 0) is 0 Å². The first-order chi connectivity index (χ1) is 5.63. The van der Waals surface area contributed by atoms with Gasteiger partial charge in [0.25, 0.3) is 0 Å². The summed E-state index contributed by atoms with van der Waals surface area (Å²) in [7, 11) is 0. The van der Waals surface area contributed by atoms with Crippen molar-refractivity contribution in [2.24, 2.45) is 5.92 Å². The lowest BCUT2D eigenvalue weighted by atomic mass is 10.1. The van der Waals surface area contributed by atoms with Gasteiger partial charge in [-0.25, -0.2) is 0 Å². The van der Waals surface area contributed by atoms with Gasteiger partial charge in [-0.3, -0.25) is 4.90 Å². The van der Waals surface area contributed by atoms with Gasteiger partial charge >= 0.3 is 0 Å². The SMILES string of the molecule is CC1CN(C/C(Cl)=C/Cl)CC1O. The van der Waals surface area contributed by atoms with Crippen molar-refractivity contribution in [1.82, 2.24) is 4.90 Å². The topological polar surface area (TPSA) is 23.5 Å². The fourth-order valence-electron chi connectivity index (χ4n) is 1.43. The van der Waals surface area contributed by atoms with Gasteiger partial charge in [-0.05, 0) is 5.92 Å². The Bertz CT molecular complexity index is 174. The van der Waals surface area contributed by atoms with Crippen LogP contribution in [0.25, 0.3) is 0 Å². The molecule has 4 heteroatoms. The normalized spacial score (nSPS) is 32.8. The Morgan fingerprint density at radius 1 is 1.67 bits per heavy atom. The molecule has 2 unspecified atom stereocenters. The second-order valence-corrected chi connectivity index (χ2v) is 4.00. The number of aliphatic hydroxyl groups excluding tert-OH is 1. The van der Waals surface area contributed by atoms with Crippen LogP contribution in [0.1, 0.15) is 6.92 Å². The van der Waals surface area contributed by atoms with E-state index in [0.717, 1.165) is 6.54 Å². The molecule has 70 valence electrons. The summed E-state index contributed by atoms with van der Waals surface area (Å²) in [6.07, 6.45) is -0.218. The standard InChI is InChI=1S/C8H13Cl2NO/c1-6-3-11(5-8(6)12)4-7(10)2-9/h2,6,8,12H,3-5H2,1H3/b7-2-. The van der Waals surface area contributed by atoms with Crippen molar-refractivity contribution in [2.75, 3.05) is 19.6 Å². The minimum atomic E-state index is -0.218. The molecular weight excluding hydrogens is 197 g/mol. The van der Waals surface area contributed by atoms with Gasteiger partial charge in [0.15, 0.2) is 0 Å². The quantitative estimate of drug-likeness (QED) is 0.748. The number of hydrogen-bond donors (Lipinski definition) is 1. The monoisotopic (exact) mass is 209 g/mol. The fraction of sp³-hybridized carbons (Fsp3) is 0.750. The molecule has 1 rings (SSSR count). The van der Waals surface area contributed by atoms with Crippen molar-refractivity contribution < 1.29 is 5.11 Å². The molecule has 1 N–H and O–H groups in total. The third-order valence-corrected chi connectivity index (χ3v) is 2.75. The summed E-state index contributed by atoms with van der Waals surface area (Å²) in [6, 6.07) is 0. The maximum absolute atomic E-state index is 9.42. The highest BCUT2D eigenvalue weighted by Crippen LogP contribution is 2.18. The lowest BCUT2D eigenvalue weighted by molar-refractivity contribution is 0.149. The minimum Gasteiger partial charge on any atom is -0.391 e. The number of rotatable bonds is 2. The third-order valence-electron chi connectivity index (χ3n) is 2.14. The number of β-amino-alcohol motifs (C(OH)–C–C–N with tert-alkyl or cyclic N) is 1. The van der Waals surface area contributed by atoms with E-state index in [9.17, 15) is 5.11 Å². The second-order valence-electron chi connectivity index (χ2n) is 3.29. The minimum absolute atomic E-state index is 0.218. The average Bonchev–Trinajstić information content (AvgIpc) is 2.31. The number of likely N-dealkylation sites (tertiary alicyclic amines) is 1. The van der Waals surface area contributed by atoms with Crippen molar-refractivity contribution in [3.8, 4) is 0 Å². The van der Waals surface area contributed by atoms with E-state index in [2.05, 4.69) is 4.90 Å². The van der Waals surface area contributed by atoms with Gasteiger partial charge in [0.1, 0.15) is 0 Å². The summed E-state index contributed by atoms with van der Waals surface area (Å²) in [5, 5.41) is 10.0. The highest BCUT2D eigenvalue weighted by Gasteiger charge is 2.27. The van der Waals surface area contributed by atoms with Crippen molar-refractivity contribution >= 4 is 23.2 Å². The molecule has 0 aliphatic carbocycles. The Balaban J connectivity index is 2.37. The van der Waals surface area contributed by atoms with E-state index in [1.54, 1.807) is 0 Å². The van der Waals surface area contributed by atoms with Crippen LogP contribution >= 0.6 is 23.2 Å². The van der Waals surface area contributed by atoms with Crippen molar-refractivity contribution in [3.05, 3.63) is 10.6 Å². The fourth-order valence-corrected chi connectivity index (χ4v) is 1.66. The number of halogens is 2. The van der Waals surface area contributed by atoms with E-state index < -0.39 is 0 Å². The van der Waals surface area contributed by atoms with Crippen molar-refractivity contribution in [2.45, 2.75) is 13.0 Å². The largest absolute Gasteiger partial charge is 0.391 e. The Hall–Kier alpha value is 0.240. The molecule has 0 bridgehead atoms. The zero-order valence-corrected chi connectivity index (χ0v) is 8.52. The molecule has 1 aliphatic heterocycles. The van der Waals surface area contributed by atoms with Gasteiger partial charge in [0.05, 0.1) is 6.10 Å². The summed E-state index contributed by atoms with van der Waals surface area (Å²) in [6.45, 7) is 4.26. The highest BCUT2D eigenvalue weighted by atomic mass is 35.5. The number of hydrogen-bond acceptors (Lipinski definition) is 2. The summed E-state index contributed by atoms with van der Waals surface area (Å²) in [4.78, 5) is 2.09. The van der Waals surface area contributed by atoms with Gasteiger partial charge in [-0.15, -0.1) is 0 Å².